The van der Waals surface area contributed by atoms with Gasteiger partial charge in [0.25, 0.3) is 5.91 Å². The molecule has 1 fully saturated rings. The third kappa shape index (κ3) is 6.31. The normalized spacial score (nSPS) is 16.5. The maximum absolute atomic E-state index is 13.5. The van der Waals surface area contributed by atoms with Crippen molar-refractivity contribution < 1.29 is 9.59 Å². The maximum atomic E-state index is 13.5. The average Bonchev–Trinajstić information content (AvgIpc) is 3.24. The van der Waals surface area contributed by atoms with Gasteiger partial charge in [0, 0.05) is 69.0 Å². The molecule has 0 bridgehead atoms. The molecule has 0 N–H and O–H groups in total. The lowest BCUT2D eigenvalue weighted by Crippen LogP contribution is -2.37. The Morgan fingerprint density at radius 3 is 2.59 bits per heavy atom. The summed E-state index contributed by atoms with van der Waals surface area (Å²) in [6.45, 7) is 7.14. The van der Waals surface area contributed by atoms with Gasteiger partial charge in [-0.15, -0.1) is 0 Å². The van der Waals surface area contributed by atoms with E-state index in [4.69, 9.17) is 0 Å². The molecule has 1 atom stereocenters. The lowest BCUT2D eigenvalue weighted by molar-refractivity contribution is -0.132. The van der Waals surface area contributed by atoms with Gasteiger partial charge in [-0.25, -0.2) is 4.98 Å². The number of carbonyl (C=O) groups excluding carboxylic acids is 2. The van der Waals surface area contributed by atoms with E-state index in [9.17, 15) is 9.59 Å². The summed E-state index contributed by atoms with van der Waals surface area (Å²) in [5, 5.41) is 0. The Labute approximate surface area is 201 Å². The van der Waals surface area contributed by atoms with E-state index in [-0.39, 0.29) is 17.7 Å². The fourth-order valence-corrected chi connectivity index (χ4v) is 4.51. The van der Waals surface area contributed by atoms with Crippen molar-refractivity contribution >= 4 is 11.8 Å². The van der Waals surface area contributed by atoms with Crippen LogP contribution in [0, 0.1) is 11.8 Å². The summed E-state index contributed by atoms with van der Waals surface area (Å²) in [6, 6.07) is 13.7. The molecule has 0 unspecified atom stereocenters. The zero-order valence-electron chi connectivity index (χ0n) is 20.0. The van der Waals surface area contributed by atoms with E-state index in [1.165, 1.54) is 0 Å². The minimum atomic E-state index is 0.0108. The van der Waals surface area contributed by atoms with E-state index >= 15 is 0 Å². The molecular weight excluding hydrogens is 426 g/mol. The number of rotatable bonds is 7. The second kappa shape index (κ2) is 11.1. The predicted octanol–water partition coefficient (Wildman–Crippen LogP) is 3.52. The second-order valence-corrected chi connectivity index (χ2v) is 9.52. The predicted molar refractivity (Wildman–Crippen MR) is 131 cm³/mol. The largest absolute Gasteiger partial charge is 0.341 e. The van der Waals surface area contributed by atoms with Crippen LogP contribution in [0.2, 0.25) is 0 Å². The highest BCUT2D eigenvalue weighted by Crippen LogP contribution is 2.19. The fraction of sp³-hybridized carbons (Fsp3) is 0.407. The van der Waals surface area contributed by atoms with Gasteiger partial charge in [0.2, 0.25) is 5.91 Å². The number of amides is 2. The van der Waals surface area contributed by atoms with Crippen molar-refractivity contribution in [3.63, 3.8) is 0 Å². The molecule has 1 saturated heterocycles. The van der Waals surface area contributed by atoms with Gasteiger partial charge in [0.05, 0.1) is 6.33 Å². The van der Waals surface area contributed by atoms with Gasteiger partial charge < -0.3 is 14.4 Å². The quantitative estimate of drug-likeness (QED) is 0.542. The van der Waals surface area contributed by atoms with E-state index in [0.717, 1.165) is 17.7 Å². The molecule has 1 aromatic carbocycles. The first-order valence-electron chi connectivity index (χ1n) is 12.0. The minimum absolute atomic E-state index is 0.0108. The lowest BCUT2D eigenvalue weighted by atomic mass is 10.0. The minimum Gasteiger partial charge on any atom is -0.341 e. The molecule has 34 heavy (non-hydrogen) atoms. The molecule has 0 radical (unpaired) electrons. The van der Waals surface area contributed by atoms with E-state index in [1.807, 2.05) is 63.0 Å². The van der Waals surface area contributed by atoms with Gasteiger partial charge in [0.15, 0.2) is 0 Å². The fourth-order valence-electron chi connectivity index (χ4n) is 4.51. The van der Waals surface area contributed by atoms with Crippen LogP contribution in [-0.2, 0) is 17.8 Å². The van der Waals surface area contributed by atoms with Crippen LogP contribution in [0.5, 0.6) is 0 Å². The number of nitrogens with zero attached hydrogens (tertiary/aromatic N) is 5. The van der Waals surface area contributed by atoms with E-state index in [1.54, 1.807) is 18.7 Å². The Bertz CT molecular complexity index is 1080. The molecule has 2 aromatic heterocycles. The number of hydrogen-bond donors (Lipinski definition) is 0. The van der Waals surface area contributed by atoms with Crippen LogP contribution in [0.25, 0.3) is 0 Å². The molecule has 178 valence electrons. The zero-order chi connectivity index (χ0) is 23.9. The standard InChI is InChI=1S/C27H33N5O2/c1-21(2)14-26(33)31-12-13-32(19-23(18-31)16-25-8-3-4-9-29-25)27(34)24-7-5-6-22(15-24)17-30-11-10-28-20-30/h3-11,15,20-21,23H,12-14,16-19H2,1-2H3/t23-/m0/s1. The average molecular weight is 460 g/mol. The molecule has 0 spiro atoms. The van der Waals surface area contributed by atoms with Crippen LogP contribution in [-0.4, -0.2) is 62.3 Å². The Kier molecular flexibility index (Phi) is 7.72. The smallest absolute Gasteiger partial charge is 0.253 e. The first kappa shape index (κ1) is 23.7. The summed E-state index contributed by atoms with van der Waals surface area (Å²) >= 11 is 0. The first-order chi connectivity index (χ1) is 16.5. The molecule has 4 rings (SSSR count). The van der Waals surface area contributed by atoms with Crippen LogP contribution in [0.4, 0.5) is 0 Å². The number of imidazole rings is 1. The summed E-state index contributed by atoms with van der Waals surface area (Å²) in [6.07, 6.45) is 8.49. The van der Waals surface area contributed by atoms with Crippen molar-refractivity contribution in [1.82, 2.24) is 24.3 Å². The van der Waals surface area contributed by atoms with Crippen molar-refractivity contribution in [2.75, 3.05) is 26.2 Å². The molecule has 3 heterocycles. The van der Waals surface area contributed by atoms with Crippen LogP contribution in [0.1, 0.15) is 41.9 Å². The Balaban J connectivity index is 1.52. The van der Waals surface area contributed by atoms with Gasteiger partial charge in [-0.05, 0) is 48.1 Å². The summed E-state index contributed by atoms with van der Waals surface area (Å²) in [7, 11) is 0. The summed E-state index contributed by atoms with van der Waals surface area (Å²) < 4.78 is 1.98. The first-order valence-corrected chi connectivity index (χ1v) is 12.0. The van der Waals surface area contributed by atoms with Gasteiger partial charge in [-0.2, -0.15) is 0 Å². The van der Waals surface area contributed by atoms with Gasteiger partial charge in [0.1, 0.15) is 0 Å². The van der Waals surface area contributed by atoms with Crippen molar-refractivity contribution in [2.24, 2.45) is 11.8 Å². The van der Waals surface area contributed by atoms with Crippen LogP contribution in [0.15, 0.2) is 67.4 Å². The van der Waals surface area contributed by atoms with Crippen molar-refractivity contribution in [3.05, 3.63) is 84.2 Å². The maximum Gasteiger partial charge on any atom is 0.253 e. The monoisotopic (exact) mass is 459 g/mol. The van der Waals surface area contributed by atoms with Crippen molar-refractivity contribution in [3.8, 4) is 0 Å². The zero-order valence-corrected chi connectivity index (χ0v) is 20.0. The van der Waals surface area contributed by atoms with Crippen LogP contribution in [0.3, 0.4) is 0 Å². The molecule has 1 aliphatic rings. The third-order valence-corrected chi connectivity index (χ3v) is 6.14. The molecule has 2 amide bonds. The topological polar surface area (TPSA) is 71.3 Å². The Morgan fingerprint density at radius 2 is 1.85 bits per heavy atom. The summed E-state index contributed by atoms with van der Waals surface area (Å²) in [4.78, 5) is 38.9. The van der Waals surface area contributed by atoms with E-state index in [2.05, 4.69) is 23.8 Å². The molecule has 1 aliphatic heterocycles. The lowest BCUT2D eigenvalue weighted by Gasteiger charge is -2.25. The summed E-state index contributed by atoms with van der Waals surface area (Å²) in [5.41, 5.74) is 2.72. The third-order valence-electron chi connectivity index (χ3n) is 6.14. The van der Waals surface area contributed by atoms with Gasteiger partial charge in [-0.1, -0.05) is 32.0 Å². The van der Waals surface area contributed by atoms with Crippen LogP contribution < -0.4 is 0 Å². The molecule has 3 aromatic rings. The number of aromatic nitrogens is 3. The van der Waals surface area contributed by atoms with Crippen LogP contribution >= 0.6 is 0 Å². The highest BCUT2D eigenvalue weighted by Gasteiger charge is 2.29. The Hall–Kier alpha value is -3.48. The molecule has 0 saturated carbocycles. The van der Waals surface area contributed by atoms with E-state index in [0.29, 0.717) is 50.6 Å². The summed E-state index contributed by atoms with van der Waals surface area (Å²) in [5.74, 6) is 0.613. The SMILES string of the molecule is CC(C)CC(=O)N1CCN(C(=O)c2cccc(Cn3ccnc3)c2)C[C@@H](Cc2ccccn2)C1. The number of benzene rings is 1. The molecule has 0 aliphatic carbocycles. The molecule has 7 heteroatoms. The number of carbonyl (C=O) groups is 2. The van der Waals surface area contributed by atoms with Crippen molar-refractivity contribution in [2.45, 2.75) is 33.2 Å². The number of hydrogen-bond acceptors (Lipinski definition) is 4. The second-order valence-electron chi connectivity index (χ2n) is 9.52. The highest BCUT2D eigenvalue weighted by atomic mass is 16.2. The molecule has 7 nitrogen and oxygen atoms in total. The number of pyridine rings is 1. The van der Waals surface area contributed by atoms with Gasteiger partial charge in [-0.3, -0.25) is 14.6 Å². The van der Waals surface area contributed by atoms with Crippen molar-refractivity contribution in [1.29, 1.82) is 0 Å². The van der Waals surface area contributed by atoms with E-state index < -0.39 is 0 Å². The molecular formula is C27H33N5O2. The highest BCUT2D eigenvalue weighted by molar-refractivity contribution is 5.94. The van der Waals surface area contributed by atoms with Gasteiger partial charge >= 0.3 is 0 Å². The Morgan fingerprint density at radius 1 is 1.03 bits per heavy atom.